The summed E-state index contributed by atoms with van der Waals surface area (Å²) in [6.45, 7) is 5.56. The Hall–Kier alpha value is -1.22. The van der Waals surface area contributed by atoms with Crippen LogP contribution in [0.15, 0.2) is 29.3 Å². The van der Waals surface area contributed by atoms with Crippen molar-refractivity contribution in [2.24, 2.45) is 16.1 Å². The van der Waals surface area contributed by atoms with Crippen molar-refractivity contribution >= 4 is 23.2 Å². The number of benzene rings is 1. The molecule has 0 bridgehead atoms. The highest BCUT2D eigenvalue weighted by Gasteiger charge is 2.45. The van der Waals surface area contributed by atoms with E-state index in [0.717, 1.165) is 30.1 Å². The van der Waals surface area contributed by atoms with E-state index in [9.17, 15) is 0 Å². The van der Waals surface area contributed by atoms with E-state index in [4.69, 9.17) is 17.3 Å². The second-order valence-electron chi connectivity index (χ2n) is 7.23. The Labute approximate surface area is 132 Å². The lowest BCUT2D eigenvalue weighted by atomic mass is 9.83. The largest absolute Gasteiger partial charge is 0.369 e. The molecule has 1 aliphatic carbocycles. The Morgan fingerprint density at radius 1 is 1.10 bits per heavy atom. The molecule has 2 aliphatic rings. The van der Waals surface area contributed by atoms with Crippen molar-refractivity contribution in [1.29, 1.82) is 0 Å². The van der Waals surface area contributed by atoms with Crippen molar-refractivity contribution in [2.45, 2.75) is 51.5 Å². The van der Waals surface area contributed by atoms with Gasteiger partial charge in [0.05, 0.1) is 12.1 Å². The summed E-state index contributed by atoms with van der Waals surface area (Å²) in [7, 11) is 0. The maximum absolute atomic E-state index is 6.22. The summed E-state index contributed by atoms with van der Waals surface area (Å²) in [4.78, 5) is 6.82. The fourth-order valence-electron chi connectivity index (χ4n) is 3.71. The number of guanidine groups is 1. The zero-order chi connectivity index (χ0) is 15.1. The third-order valence-electron chi connectivity index (χ3n) is 5.09. The molecule has 1 fully saturated rings. The quantitative estimate of drug-likeness (QED) is 0.844. The molecule has 1 aromatic rings. The summed E-state index contributed by atoms with van der Waals surface area (Å²) < 4.78 is 0. The van der Waals surface area contributed by atoms with Gasteiger partial charge in [0.1, 0.15) is 0 Å². The SMILES string of the molecule is CC1(C)CCCC2(CC1)CN=C(N)N2c1ccc(Cl)cc1. The molecule has 0 aromatic heterocycles. The Balaban J connectivity index is 1.93. The van der Waals surface area contributed by atoms with Crippen molar-refractivity contribution in [2.75, 3.05) is 11.4 Å². The number of hydrogen-bond donors (Lipinski definition) is 1. The minimum absolute atomic E-state index is 0.0612. The summed E-state index contributed by atoms with van der Waals surface area (Å²) in [6.07, 6.45) is 6.04. The second-order valence-corrected chi connectivity index (χ2v) is 7.66. The van der Waals surface area contributed by atoms with Gasteiger partial charge in [-0.1, -0.05) is 31.9 Å². The fourth-order valence-corrected chi connectivity index (χ4v) is 3.83. The molecule has 21 heavy (non-hydrogen) atoms. The van der Waals surface area contributed by atoms with Crippen LogP contribution >= 0.6 is 11.6 Å². The highest BCUT2D eigenvalue weighted by Crippen LogP contribution is 2.44. The van der Waals surface area contributed by atoms with Crippen molar-refractivity contribution in [3.8, 4) is 0 Å². The van der Waals surface area contributed by atoms with Gasteiger partial charge in [0.25, 0.3) is 0 Å². The van der Waals surface area contributed by atoms with Crippen molar-refractivity contribution < 1.29 is 0 Å². The van der Waals surface area contributed by atoms with Gasteiger partial charge in [-0.25, -0.2) is 0 Å². The lowest BCUT2D eigenvalue weighted by Crippen LogP contribution is -2.51. The number of hydrogen-bond acceptors (Lipinski definition) is 3. The zero-order valence-electron chi connectivity index (χ0n) is 12.9. The van der Waals surface area contributed by atoms with Gasteiger partial charge in [0.15, 0.2) is 5.96 Å². The molecule has 1 aliphatic heterocycles. The molecule has 114 valence electrons. The molecule has 1 heterocycles. The summed E-state index contributed by atoms with van der Waals surface area (Å²) in [5, 5.41) is 0.754. The first-order chi connectivity index (χ1) is 9.92. The molecule has 3 nitrogen and oxygen atoms in total. The second kappa shape index (κ2) is 5.20. The fraction of sp³-hybridized carbons (Fsp3) is 0.588. The molecule has 0 saturated heterocycles. The predicted molar refractivity (Wildman–Crippen MR) is 90.0 cm³/mol. The lowest BCUT2D eigenvalue weighted by molar-refractivity contribution is 0.302. The number of nitrogens with two attached hydrogens (primary N) is 1. The predicted octanol–water partition coefficient (Wildman–Crippen LogP) is 4.20. The number of rotatable bonds is 1. The van der Waals surface area contributed by atoms with Crippen LogP contribution in [-0.4, -0.2) is 18.0 Å². The summed E-state index contributed by atoms with van der Waals surface area (Å²) >= 11 is 6.02. The van der Waals surface area contributed by atoms with Gasteiger partial charge in [-0.3, -0.25) is 4.99 Å². The van der Waals surface area contributed by atoms with Gasteiger partial charge in [-0.15, -0.1) is 0 Å². The van der Waals surface area contributed by atoms with E-state index in [0.29, 0.717) is 11.4 Å². The summed E-state index contributed by atoms with van der Waals surface area (Å²) in [6, 6.07) is 7.95. The third kappa shape index (κ3) is 2.76. The highest BCUT2D eigenvalue weighted by atomic mass is 35.5. The molecule has 2 N–H and O–H groups in total. The van der Waals surface area contributed by atoms with Crippen LogP contribution in [0, 0.1) is 5.41 Å². The third-order valence-corrected chi connectivity index (χ3v) is 5.34. The van der Waals surface area contributed by atoms with E-state index in [1.165, 1.54) is 19.3 Å². The molecule has 0 radical (unpaired) electrons. The van der Waals surface area contributed by atoms with Crippen molar-refractivity contribution in [1.82, 2.24) is 0 Å². The molecule has 3 rings (SSSR count). The average molecular weight is 306 g/mol. The van der Waals surface area contributed by atoms with E-state index >= 15 is 0 Å². The molecule has 4 heteroatoms. The smallest absolute Gasteiger partial charge is 0.196 e. The minimum atomic E-state index is 0.0612. The molecule has 0 amide bonds. The van der Waals surface area contributed by atoms with Crippen LogP contribution in [0.3, 0.4) is 0 Å². The van der Waals surface area contributed by atoms with E-state index in [-0.39, 0.29) is 5.54 Å². The number of anilines is 1. The summed E-state index contributed by atoms with van der Waals surface area (Å²) in [5.41, 5.74) is 7.81. The average Bonchev–Trinajstić information content (AvgIpc) is 2.66. The van der Waals surface area contributed by atoms with E-state index in [1.54, 1.807) is 0 Å². The van der Waals surface area contributed by atoms with Crippen LogP contribution in [0.2, 0.25) is 5.02 Å². The first-order valence-electron chi connectivity index (χ1n) is 7.78. The van der Waals surface area contributed by atoms with E-state index in [1.807, 2.05) is 24.3 Å². The molecule has 1 aromatic carbocycles. The molecular formula is C17H24ClN3. The zero-order valence-corrected chi connectivity index (χ0v) is 13.7. The minimum Gasteiger partial charge on any atom is -0.369 e. The first-order valence-corrected chi connectivity index (χ1v) is 8.16. The van der Waals surface area contributed by atoms with Crippen molar-refractivity contribution in [3.63, 3.8) is 0 Å². The number of halogens is 1. The topological polar surface area (TPSA) is 41.6 Å². The van der Waals surface area contributed by atoms with Crippen LogP contribution < -0.4 is 10.6 Å². The van der Waals surface area contributed by atoms with E-state index in [2.05, 4.69) is 23.7 Å². The number of aliphatic imine (C=N–C) groups is 1. The Morgan fingerprint density at radius 2 is 1.81 bits per heavy atom. The van der Waals surface area contributed by atoms with E-state index < -0.39 is 0 Å². The molecule has 1 spiro atoms. The van der Waals surface area contributed by atoms with Gasteiger partial charge in [0, 0.05) is 10.7 Å². The maximum Gasteiger partial charge on any atom is 0.196 e. The van der Waals surface area contributed by atoms with Crippen LogP contribution in [-0.2, 0) is 0 Å². The van der Waals surface area contributed by atoms with Gasteiger partial charge in [-0.2, -0.15) is 0 Å². The molecule has 1 unspecified atom stereocenters. The lowest BCUT2D eigenvalue weighted by Gasteiger charge is -2.39. The van der Waals surface area contributed by atoms with Crippen LogP contribution in [0.25, 0.3) is 0 Å². The standard InChI is InChI=1S/C17H24ClN3/c1-16(2)8-3-9-17(11-10-16)12-20-15(19)21(17)14-6-4-13(18)5-7-14/h4-7H,3,8-12H2,1-2H3,(H2,19,20). The van der Waals surface area contributed by atoms with Crippen LogP contribution in [0.5, 0.6) is 0 Å². The summed E-state index contributed by atoms with van der Waals surface area (Å²) in [5.74, 6) is 0.650. The van der Waals surface area contributed by atoms with Gasteiger partial charge in [-0.05, 0) is 55.4 Å². The maximum atomic E-state index is 6.22. The first kappa shape index (κ1) is 14.7. The van der Waals surface area contributed by atoms with Crippen LogP contribution in [0.1, 0.15) is 46.0 Å². The molecular weight excluding hydrogens is 282 g/mol. The van der Waals surface area contributed by atoms with Crippen LogP contribution in [0.4, 0.5) is 5.69 Å². The monoisotopic (exact) mass is 305 g/mol. The van der Waals surface area contributed by atoms with Gasteiger partial charge < -0.3 is 10.6 Å². The Kier molecular flexibility index (Phi) is 3.64. The highest BCUT2D eigenvalue weighted by molar-refractivity contribution is 6.30. The number of nitrogens with zero attached hydrogens (tertiary/aromatic N) is 2. The Bertz CT molecular complexity index is 550. The van der Waals surface area contributed by atoms with Crippen molar-refractivity contribution in [3.05, 3.63) is 29.3 Å². The molecule has 1 atom stereocenters. The van der Waals surface area contributed by atoms with Gasteiger partial charge in [0.2, 0.25) is 0 Å². The normalized spacial score (nSPS) is 28.5. The Morgan fingerprint density at radius 3 is 2.52 bits per heavy atom. The van der Waals surface area contributed by atoms with Gasteiger partial charge >= 0.3 is 0 Å². The molecule has 1 saturated carbocycles.